The van der Waals surface area contributed by atoms with Crippen LogP contribution in [0, 0.1) is 16.2 Å². The molecule has 0 amide bonds. The van der Waals surface area contributed by atoms with Crippen molar-refractivity contribution >= 4 is 11.6 Å². The topological polar surface area (TPSA) is 34.1 Å². The van der Waals surface area contributed by atoms with Crippen LogP contribution in [0.4, 0.5) is 0 Å². The van der Waals surface area contributed by atoms with Crippen molar-refractivity contribution in [2.45, 2.75) is 71.6 Å². The molecular formula is C22H26O2. The molecular weight excluding hydrogens is 296 g/mol. The zero-order valence-corrected chi connectivity index (χ0v) is 14.8. The minimum atomic E-state index is -0.173. The Morgan fingerprint density at radius 2 is 1.75 bits per heavy atom. The van der Waals surface area contributed by atoms with Gasteiger partial charge in [0, 0.05) is 18.3 Å². The van der Waals surface area contributed by atoms with E-state index in [9.17, 15) is 9.59 Å². The second kappa shape index (κ2) is 4.39. The molecule has 126 valence electrons. The van der Waals surface area contributed by atoms with Crippen molar-refractivity contribution < 1.29 is 9.59 Å². The lowest BCUT2D eigenvalue weighted by Gasteiger charge is -2.50. The third-order valence-corrected chi connectivity index (χ3v) is 8.29. The van der Waals surface area contributed by atoms with E-state index in [0.29, 0.717) is 18.0 Å². The molecule has 1 spiro atoms. The Bertz CT molecular complexity index is 780. The number of hydrogen-bond donors (Lipinski definition) is 0. The Hall–Kier alpha value is -1.44. The van der Waals surface area contributed by atoms with Crippen LogP contribution in [0.5, 0.6) is 0 Å². The number of ketones is 2. The monoisotopic (exact) mass is 322 g/mol. The summed E-state index contributed by atoms with van der Waals surface area (Å²) in [5.74, 6) is 0.808. The van der Waals surface area contributed by atoms with Gasteiger partial charge < -0.3 is 0 Å². The molecule has 0 aromatic heterocycles. The van der Waals surface area contributed by atoms with Gasteiger partial charge in [-0.3, -0.25) is 9.59 Å². The summed E-state index contributed by atoms with van der Waals surface area (Å²) in [6.07, 6.45) is 13.0. The van der Waals surface area contributed by atoms with Gasteiger partial charge >= 0.3 is 0 Å². The van der Waals surface area contributed by atoms with E-state index in [4.69, 9.17) is 0 Å². The summed E-state index contributed by atoms with van der Waals surface area (Å²) in [6.45, 7) is 4.70. The fraction of sp³-hybridized carbons (Fsp3) is 0.636. The summed E-state index contributed by atoms with van der Waals surface area (Å²) >= 11 is 0. The summed E-state index contributed by atoms with van der Waals surface area (Å²) < 4.78 is 0. The maximum atomic E-state index is 13.0. The molecule has 2 unspecified atom stereocenters. The Morgan fingerprint density at radius 1 is 0.917 bits per heavy atom. The van der Waals surface area contributed by atoms with E-state index in [1.165, 1.54) is 16.7 Å². The summed E-state index contributed by atoms with van der Waals surface area (Å²) in [7, 11) is 0. The molecule has 0 aromatic rings. The Morgan fingerprint density at radius 3 is 2.58 bits per heavy atom. The molecule has 1 fully saturated rings. The van der Waals surface area contributed by atoms with E-state index >= 15 is 0 Å². The lowest BCUT2D eigenvalue weighted by Crippen LogP contribution is -2.43. The minimum absolute atomic E-state index is 0.0740. The second-order valence-corrected chi connectivity index (χ2v) is 9.14. The number of carbonyl (C=O) groups excluding carboxylic acids is 2. The van der Waals surface area contributed by atoms with Gasteiger partial charge in [0.15, 0.2) is 5.78 Å². The lowest BCUT2D eigenvalue weighted by molar-refractivity contribution is -0.127. The lowest BCUT2D eigenvalue weighted by atomic mass is 9.52. The second-order valence-electron chi connectivity index (χ2n) is 9.14. The maximum Gasteiger partial charge on any atom is 0.155 e. The molecule has 0 radical (unpaired) electrons. The zero-order chi connectivity index (χ0) is 16.7. The first-order chi connectivity index (χ1) is 11.4. The molecule has 1 saturated carbocycles. The molecule has 0 aromatic carbocycles. The van der Waals surface area contributed by atoms with Gasteiger partial charge in [-0.2, -0.15) is 0 Å². The average molecular weight is 322 g/mol. The van der Waals surface area contributed by atoms with Crippen molar-refractivity contribution in [3.05, 3.63) is 34.4 Å². The van der Waals surface area contributed by atoms with Gasteiger partial charge in [0.05, 0.1) is 5.41 Å². The molecule has 2 heteroatoms. The van der Waals surface area contributed by atoms with Crippen molar-refractivity contribution in [2.24, 2.45) is 16.2 Å². The number of hydrogen-bond acceptors (Lipinski definition) is 2. The highest BCUT2D eigenvalue weighted by Gasteiger charge is 2.63. The molecule has 5 aliphatic rings. The maximum absolute atomic E-state index is 13.0. The van der Waals surface area contributed by atoms with E-state index < -0.39 is 0 Å². The third kappa shape index (κ3) is 1.49. The molecule has 0 aliphatic heterocycles. The number of carbonyl (C=O) groups is 2. The van der Waals surface area contributed by atoms with Crippen LogP contribution in [0.1, 0.15) is 71.6 Å². The van der Waals surface area contributed by atoms with Crippen molar-refractivity contribution in [1.82, 2.24) is 0 Å². The molecule has 5 aliphatic carbocycles. The predicted octanol–water partition coefficient (Wildman–Crippen LogP) is 4.85. The van der Waals surface area contributed by atoms with Crippen LogP contribution in [0.2, 0.25) is 0 Å². The largest absolute Gasteiger partial charge is 0.299 e. The number of allylic oxidation sites excluding steroid dienone is 6. The van der Waals surface area contributed by atoms with Gasteiger partial charge in [0.2, 0.25) is 0 Å². The van der Waals surface area contributed by atoms with Crippen LogP contribution in [0.3, 0.4) is 0 Å². The van der Waals surface area contributed by atoms with Gasteiger partial charge in [-0.15, -0.1) is 0 Å². The van der Waals surface area contributed by atoms with E-state index in [-0.39, 0.29) is 16.2 Å². The summed E-state index contributed by atoms with van der Waals surface area (Å²) in [6, 6.07) is 0. The van der Waals surface area contributed by atoms with Crippen LogP contribution in [-0.4, -0.2) is 11.6 Å². The normalized spacial score (nSPS) is 43.8. The summed E-state index contributed by atoms with van der Waals surface area (Å²) in [5.41, 5.74) is 5.90. The molecule has 3 atom stereocenters. The molecule has 24 heavy (non-hydrogen) atoms. The molecule has 0 saturated heterocycles. The highest BCUT2D eigenvalue weighted by atomic mass is 16.1. The first-order valence-corrected chi connectivity index (χ1v) is 9.61. The minimum Gasteiger partial charge on any atom is -0.299 e. The summed E-state index contributed by atoms with van der Waals surface area (Å²) in [4.78, 5) is 24.9. The average Bonchev–Trinajstić information content (AvgIpc) is 2.99. The highest BCUT2D eigenvalue weighted by molar-refractivity contribution is 5.95. The smallest absolute Gasteiger partial charge is 0.155 e. The van der Waals surface area contributed by atoms with E-state index in [1.54, 1.807) is 5.57 Å². The standard InChI is InChI=1S/C22H26O2/c1-20-9-6-18-16-4-3-14-13-15(23)5-11-21(14,2)17(16)7-12-22(18,20)19(24)8-10-20/h6,13H,3-5,7-12H2,1-2H3/t20-,21?,22?/m0/s1. The number of rotatable bonds is 0. The first-order valence-electron chi connectivity index (χ1n) is 9.61. The molecule has 0 heterocycles. The fourth-order valence-electron chi connectivity index (χ4n) is 6.79. The Labute approximate surface area is 144 Å². The Kier molecular flexibility index (Phi) is 2.72. The highest BCUT2D eigenvalue weighted by Crippen LogP contribution is 2.69. The van der Waals surface area contributed by atoms with E-state index in [1.807, 2.05) is 6.08 Å². The predicted molar refractivity (Wildman–Crippen MR) is 93.4 cm³/mol. The molecule has 0 bridgehead atoms. The van der Waals surface area contributed by atoms with Crippen LogP contribution in [-0.2, 0) is 9.59 Å². The third-order valence-electron chi connectivity index (χ3n) is 8.29. The van der Waals surface area contributed by atoms with Gasteiger partial charge in [-0.25, -0.2) is 0 Å². The van der Waals surface area contributed by atoms with Gasteiger partial charge in [0.1, 0.15) is 5.78 Å². The fourth-order valence-corrected chi connectivity index (χ4v) is 6.79. The van der Waals surface area contributed by atoms with Crippen molar-refractivity contribution in [3.8, 4) is 0 Å². The van der Waals surface area contributed by atoms with Gasteiger partial charge in [0.25, 0.3) is 0 Å². The molecule has 2 nitrogen and oxygen atoms in total. The van der Waals surface area contributed by atoms with E-state index in [2.05, 4.69) is 19.9 Å². The quantitative estimate of drug-likeness (QED) is 0.639. The Balaban J connectivity index is 1.67. The SMILES string of the molecule is CC12CCC(=O)C=C1CCC1=C2CCC23C(=O)CC[C@]2(C)CC=C13. The first kappa shape index (κ1) is 14.9. The van der Waals surface area contributed by atoms with Crippen LogP contribution >= 0.6 is 0 Å². The van der Waals surface area contributed by atoms with Crippen LogP contribution in [0.15, 0.2) is 34.4 Å². The van der Waals surface area contributed by atoms with Crippen molar-refractivity contribution in [1.29, 1.82) is 0 Å². The number of Topliss-reactive ketones (excluding diaryl/α,β-unsaturated/α-hetero) is 1. The zero-order valence-electron chi connectivity index (χ0n) is 14.8. The number of fused-ring (bicyclic) bond motifs is 3. The van der Waals surface area contributed by atoms with Crippen molar-refractivity contribution in [2.75, 3.05) is 0 Å². The van der Waals surface area contributed by atoms with Crippen LogP contribution < -0.4 is 0 Å². The molecule has 0 N–H and O–H groups in total. The molecule has 5 rings (SSSR count). The summed E-state index contributed by atoms with van der Waals surface area (Å²) in [5, 5.41) is 0. The van der Waals surface area contributed by atoms with Crippen molar-refractivity contribution in [3.63, 3.8) is 0 Å². The van der Waals surface area contributed by atoms with E-state index in [0.717, 1.165) is 51.4 Å². The van der Waals surface area contributed by atoms with Crippen LogP contribution in [0.25, 0.3) is 0 Å². The van der Waals surface area contributed by atoms with Gasteiger partial charge in [-0.1, -0.05) is 31.1 Å². The van der Waals surface area contributed by atoms with Gasteiger partial charge in [-0.05, 0) is 67.6 Å².